The predicted molar refractivity (Wildman–Crippen MR) is 98.0 cm³/mol. The third-order valence-corrected chi connectivity index (χ3v) is 6.55. The van der Waals surface area contributed by atoms with Gasteiger partial charge in [-0.25, -0.2) is 8.42 Å². The Bertz CT molecular complexity index is 747. The van der Waals surface area contributed by atoms with Gasteiger partial charge in [0.15, 0.2) is 0 Å². The molecule has 9 heteroatoms. The van der Waals surface area contributed by atoms with E-state index in [1.165, 1.54) is 22.7 Å². The fraction of sp³-hybridized carbons (Fsp3) is 0.267. The Hall–Kier alpha value is -1.45. The highest BCUT2D eigenvalue weighted by Crippen LogP contribution is 2.19. The lowest BCUT2D eigenvalue weighted by atomic mass is 10.1. The molecule has 0 saturated heterocycles. The number of carbonyl (C=O) groups excluding carboxylic acids is 1. The minimum Gasteiger partial charge on any atom is -0.351 e. The molecule has 132 valence electrons. The van der Waals surface area contributed by atoms with Crippen LogP contribution in [0, 0.1) is 0 Å². The molecule has 2 rings (SSSR count). The molecule has 0 atom stereocenters. The van der Waals surface area contributed by atoms with Crippen molar-refractivity contribution in [2.75, 3.05) is 20.1 Å². The normalized spacial score (nSPS) is 11.1. The molecule has 0 aliphatic carbocycles. The summed E-state index contributed by atoms with van der Waals surface area (Å²) in [6, 6.07) is 10.2. The van der Waals surface area contributed by atoms with Crippen molar-refractivity contribution in [1.29, 1.82) is 0 Å². The maximum Gasteiger partial charge on any atom is 0.252 e. The van der Waals surface area contributed by atoms with E-state index >= 15 is 0 Å². The number of nitrogens with one attached hydrogen (secondary N) is 1. The second kappa shape index (κ2) is 9.14. The van der Waals surface area contributed by atoms with Crippen LogP contribution < -0.4 is 11.1 Å². The van der Waals surface area contributed by atoms with Crippen LogP contribution in [0.5, 0.6) is 0 Å². The molecular weight excluding hydrogens is 370 g/mol. The second-order valence-corrected chi connectivity index (χ2v) is 8.14. The van der Waals surface area contributed by atoms with Gasteiger partial charge in [-0.05, 0) is 29.1 Å². The van der Waals surface area contributed by atoms with Gasteiger partial charge in [0, 0.05) is 32.2 Å². The fourth-order valence-corrected chi connectivity index (χ4v) is 4.28. The number of rotatable bonds is 7. The molecule has 0 unspecified atom stereocenters. The van der Waals surface area contributed by atoms with Crippen molar-refractivity contribution in [3.8, 4) is 0 Å². The zero-order valence-electron chi connectivity index (χ0n) is 13.1. The van der Waals surface area contributed by atoms with Crippen LogP contribution in [0.15, 0.2) is 46.0 Å². The number of benzene rings is 1. The van der Waals surface area contributed by atoms with Gasteiger partial charge in [-0.15, -0.1) is 23.7 Å². The number of halogens is 1. The lowest BCUT2D eigenvalue weighted by molar-refractivity contribution is 0.0952. The first kappa shape index (κ1) is 20.6. The van der Waals surface area contributed by atoms with Crippen LogP contribution in [-0.4, -0.2) is 38.8 Å². The van der Waals surface area contributed by atoms with Gasteiger partial charge in [0.25, 0.3) is 15.9 Å². The van der Waals surface area contributed by atoms with Crippen molar-refractivity contribution in [1.82, 2.24) is 9.62 Å². The number of likely N-dealkylation sites (N-methyl/N-ethyl adjacent to an activating group) is 1. The smallest absolute Gasteiger partial charge is 0.252 e. The number of thiophene rings is 1. The van der Waals surface area contributed by atoms with E-state index in [1.54, 1.807) is 41.8 Å². The molecule has 0 aliphatic rings. The highest BCUT2D eigenvalue weighted by atomic mass is 35.5. The number of nitrogens with two attached hydrogens (primary N) is 1. The Morgan fingerprint density at radius 3 is 2.46 bits per heavy atom. The quantitative estimate of drug-likeness (QED) is 0.753. The summed E-state index contributed by atoms with van der Waals surface area (Å²) in [4.78, 5) is 12.0. The molecule has 2 aromatic rings. The highest BCUT2D eigenvalue weighted by molar-refractivity contribution is 7.91. The average molecular weight is 390 g/mol. The topological polar surface area (TPSA) is 92.5 Å². The Kier molecular flexibility index (Phi) is 7.85. The SMILES string of the molecule is CN(CCNC(=O)c1ccc(CN)cc1)S(=O)(=O)c1cccs1.Cl. The zero-order valence-corrected chi connectivity index (χ0v) is 15.6. The van der Waals surface area contributed by atoms with Crippen molar-refractivity contribution in [3.05, 3.63) is 52.9 Å². The summed E-state index contributed by atoms with van der Waals surface area (Å²) in [7, 11) is -1.98. The summed E-state index contributed by atoms with van der Waals surface area (Å²) in [6.07, 6.45) is 0. The van der Waals surface area contributed by atoms with E-state index < -0.39 is 10.0 Å². The molecule has 0 saturated carbocycles. The molecule has 3 N–H and O–H groups in total. The third kappa shape index (κ3) is 5.02. The van der Waals surface area contributed by atoms with Gasteiger partial charge in [-0.3, -0.25) is 4.79 Å². The summed E-state index contributed by atoms with van der Waals surface area (Å²) in [6.45, 7) is 0.860. The average Bonchev–Trinajstić information content (AvgIpc) is 3.10. The van der Waals surface area contributed by atoms with Gasteiger partial charge in [0.05, 0.1) is 0 Å². The van der Waals surface area contributed by atoms with Crippen LogP contribution in [0.3, 0.4) is 0 Å². The molecule has 24 heavy (non-hydrogen) atoms. The van der Waals surface area contributed by atoms with E-state index in [0.29, 0.717) is 16.3 Å². The molecule has 6 nitrogen and oxygen atoms in total. The van der Waals surface area contributed by atoms with E-state index in [1.807, 2.05) is 0 Å². The van der Waals surface area contributed by atoms with E-state index in [9.17, 15) is 13.2 Å². The second-order valence-electron chi connectivity index (χ2n) is 4.92. The van der Waals surface area contributed by atoms with E-state index in [4.69, 9.17) is 5.73 Å². The minimum absolute atomic E-state index is 0. The summed E-state index contributed by atoms with van der Waals surface area (Å²) < 4.78 is 26.0. The molecule has 1 heterocycles. The lowest BCUT2D eigenvalue weighted by Crippen LogP contribution is -2.35. The predicted octanol–water partition coefficient (Wildman–Crippen LogP) is 1.68. The number of amides is 1. The van der Waals surface area contributed by atoms with Crippen LogP contribution in [0.4, 0.5) is 0 Å². The van der Waals surface area contributed by atoms with Crippen LogP contribution in [0.2, 0.25) is 0 Å². The van der Waals surface area contributed by atoms with Gasteiger partial charge in [0.1, 0.15) is 4.21 Å². The largest absolute Gasteiger partial charge is 0.351 e. The maximum atomic E-state index is 12.2. The van der Waals surface area contributed by atoms with Crippen molar-refractivity contribution in [3.63, 3.8) is 0 Å². The summed E-state index contributed by atoms with van der Waals surface area (Å²) in [5.74, 6) is -0.240. The van der Waals surface area contributed by atoms with Gasteiger partial charge in [0.2, 0.25) is 0 Å². The van der Waals surface area contributed by atoms with Crippen LogP contribution in [0.1, 0.15) is 15.9 Å². The first-order valence-corrected chi connectivity index (χ1v) is 9.34. The fourth-order valence-electron chi connectivity index (χ4n) is 1.91. The molecule has 0 fully saturated rings. The monoisotopic (exact) mass is 389 g/mol. The molecule has 1 amide bonds. The van der Waals surface area contributed by atoms with E-state index in [-0.39, 0.29) is 31.4 Å². The van der Waals surface area contributed by atoms with Gasteiger partial charge < -0.3 is 11.1 Å². The molecule has 0 spiro atoms. The van der Waals surface area contributed by atoms with Crippen LogP contribution in [0.25, 0.3) is 0 Å². The highest BCUT2D eigenvalue weighted by Gasteiger charge is 2.21. The summed E-state index contributed by atoms with van der Waals surface area (Å²) in [5.41, 5.74) is 6.98. The molecule has 1 aromatic carbocycles. The van der Waals surface area contributed by atoms with Gasteiger partial charge in [-0.2, -0.15) is 4.31 Å². The van der Waals surface area contributed by atoms with E-state index in [2.05, 4.69) is 5.32 Å². The van der Waals surface area contributed by atoms with Crippen LogP contribution >= 0.6 is 23.7 Å². The Morgan fingerprint density at radius 2 is 1.92 bits per heavy atom. The Morgan fingerprint density at radius 1 is 1.25 bits per heavy atom. The zero-order chi connectivity index (χ0) is 16.9. The molecule has 0 aliphatic heterocycles. The van der Waals surface area contributed by atoms with Gasteiger partial charge in [-0.1, -0.05) is 18.2 Å². The van der Waals surface area contributed by atoms with Crippen molar-refractivity contribution < 1.29 is 13.2 Å². The molecular formula is C15H20ClN3O3S2. The number of hydrogen-bond donors (Lipinski definition) is 2. The standard InChI is InChI=1S/C15H19N3O3S2.ClH/c1-18(23(20,21)14-3-2-10-22-14)9-8-17-15(19)13-6-4-12(11-16)5-7-13;/h2-7,10H,8-9,11,16H2,1H3,(H,17,19);1H. The lowest BCUT2D eigenvalue weighted by Gasteiger charge is -2.16. The first-order chi connectivity index (χ1) is 10.9. The number of hydrogen-bond acceptors (Lipinski definition) is 5. The Balaban J connectivity index is 0.00000288. The number of carbonyl (C=O) groups is 1. The van der Waals surface area contributed by atoms with Crippen molar-refractivity contribution in [2.45, 2.75) is 10.8 Å². The minimum atomic E-state index is -3.48. The molecule has 0 bridgehead atoms. The number of sulfonamides is 1. The first-order valence-electron chi connectivity index (χ1n) is 7.02. The van der Waals surface area contributed by atoms with E-state index in [0.717, 1.165) is 5.56 Å². The maximum absolute atomic E-state index is 12.2. The number of nitrogens with zero attached hydrogens (tertiary/aromatic N) is 1. The van der Waals surface area contributed by atoms with Crippen molar-refractivity contribution >= 4 is 39.7 Å². The van der Waals surface area contributed by atoms with Crippen molar-refractivity contribution in [2.24, 2.45) is 5.73 Å². The summed E-state index contributed by atoms with van der Waals surface area (Å²) in [5, 5.41) is 4.43. The summed E-state index contributed by atoms with van der Waals surface area (Å²) >= 11 is 1.17. The Labute approximate surface area is 152 Å². The van der Waals surface area contributed by atoms with Gasteiger partial charge >= 0.3 is 0 Å². The molecule has 0 radical (unpaired) electrons. The molecule has 1 aromatic heterocycles. The third-order valence-electron chi connectivity index (χ3n) is 3.32. The van der Waals surface area contributed by atoms with Crippen LogP contribution in [-0.2, 0) is 16.6 Å².